The van der Waals surface area contributed by atoms with E-state index in [9.17, 15) is 4.39 Å². The van der Waals surface area contributed by atoms with Gasteiger partial charge in [-0.1, -0.05) is 35.8 Å². The Morgan fingerprint density at radius 1 is 1.54 bits per heavy atom. The maximum absolute atomic E-state index is 13.2. The van der Waals surface area contributed by atoms with Gasteiger partial charge in [-0.05, 0) is 12.1 Å². The van der Waals surface area contributed by atoms with Crippen molar-refractivity contribution in [1.29, 1.82) is 0 Å². The Morgan fingerprint density at radius 3 is 2.85 bits per heavy atom. The van der Waals surface area contributed by atoms with Crippen LogP contribution in [0.5, 0.6) is 0 Å². The molecule has 0 bridgehead atoms. The summed E-state index contributed by atoms with van der Waals surface area (Å²) in [6.07, 6.45) is 0. The van der Waals surface area contributed by atoms with Gasteiger partial charge in [0.2, 0.25) is 0 Å². The molecule has 0 saturated heterocycles. The third kappa shape index (κ3) is 2.90. The molecule has 4 heteroatoms. The molecule has 1 aromatic rings. The van der Waals surface area contributed by atoms with Crippen molar-refractivity contribution in [2.24, 2.45) is 0 Å². The monoisotopic (exact) mass is 219 g/mol. The molecule has 0 radical (unpaired) electrons. The van der Waals surface area contributed by atoms with Crippen molar-refractivity contribution in [2.75, 3.05) is 11.9 Å². The molecular weight excluding hydrogens is 212 g/mol. The lowest BCUT2D eigenvalue weighted by atomic mass is 10.3. The first-order chi connectivity index (χ1) is 6.11. The molecular formula is C9H8Cl2FN. The van der Waals surface area contributed by atoms with E-state index in [0.717, 1.165) is 0 Å². The fourth-order valence-corrected chi connectivity index (χ4v) is 1.07. The molecule has 0 aromatic heterocycles. The van der Waals surface area contributed by atoms with Gasteiger partial charge in [0.25, 0.3) is 0 Å². The van der Waals surface area contributed by atoms with Gasteiger partial charge in [-0.3, -0.25) is 0 Å². The zero-order valence-corrected chi connectivity index (χ0v) is 8.29. The SMILES string of the molecule is C=C(Cl)CNc1cccc(Cl)c1F. The number of hydrogen-bond donors (Lipinski definition) is 1. The van der Waals surface area contributed by atoms with E-state index in [0.29, 0.717) is 17.3 Å². The third-order valence-electron chi connectivity index (χ3n) is 1.42. The Kier molecular flexibility index (Phi) is 3.58. The summed E-state index contributed by atoms with van der Waals surface area (Å²) in [6, 6.07) is 4.73. The second-order valence-corrected chi connectivity index (χ2v) is 3.41. The van der Waals surface area contributed by atoms with Crippen LogP contribution < -0.4 is 5.32 Å². The van der Waals surface area contributed by atoms with Crippen LogP contribution in [-0.2, 0) is 0 Å². The molecule has 0 atom stereocenters. The van der Waals surface area contributed by atoms with Crippen LogP contribution in [0.2, 0.25) is 5.02 Å². The quantitative estimate of drug-likeness (QED) is 0.819. The zero-order chi connectivity index (χ0) is 9.84. The lowest BCUT2D eigenvalue weighted by Gasteiger charge is -2.06. The molecule has 0 amide bonds. The van der Waals surface area contributed by atoms with Crippen LogP contribution >= 0.6 is 23.2 Å². The van der Waals surface area contributed by atoms with Crippen molar-refractivity contribution in [3.63, 3.8) is 0 Å². The normalized spacial score (nSPS) is 9.77. The summed E-state index contributed by atoms with van der Waals surface area (Å²) in [7, 11) is 0. The first-order valence-corrected chi connectivity index (χ1v) is 4.38. The summed E-state index contributed by atoms with van der Waals surface area (Å²) in [4.78, 5) is 0. The first kappa shape index (κ1) is 10.4. The third-order valence-corrected chi connectivity index (χ3v) is 1.85. The Balaban J connectivity index is 2.77. The van der Waals surface area contributed by atoms with E-state index in [1.165, 1.54) is 6.07 Å². The minimum Gasteiger partial charge on any atom is -0.378 e. The second kappa shape index (κ2) is 4.49. The van der Waals surface area contributed by atoms with E-state index in [2.05, 4.69) is 11.9 Å². The van der Waals surface area contributed by atoms with E-state index in [1.807, 2.05) is 0 Å². The fourth-order valence-electron chi connectivity index (χ4n) is 0.831. The number of nitrogens with one attached hydrogen (secondary N) is 1. The number of anilines is 1. The van der Waals surface area contributed by atoms with Crippen LogP contribution in [0.25, 0.3) is 0 Å². The smallest absolute Gasteiger partial charge is 0.164 e. The molecule has 1 rings (SSSR count). The van der Waals surface area contributed by atoms with Crippen LogP contribution in [0.3, 0.4) is 0 Å². The van der Waals surface area contributed by atoms with Crippen LogP contribution in [0.4, 0.5) is 10.1 Å². The summed E-state index contributed by atoms with van der Waals surface area (Å²) in [6.45, 7) is 3.79. The molecule has 0 spiro atoms. The van der Waals surface area contributed by atoms with Crippen molar-refractivity contribution in [3.8, 4) is 0 Å². The number of hydrogen-bond acceptors (Lipinski definition) is 1. The molecule has 1 nitrogen and oxygen atoms in total. The van der Waals surface area contributed by atoms with Gasteiger partial charge in [-0.2, -0.15) is 0 Å². The van der Waals surface area contributed by atoms with Gasteiger partial charge in [0.15, 0.2) is 5.82 Å². The molecule has 0 heterocycles. The predicted octanol–water partition coefficient (Wildman–Crippen LogP) is 3.64. The van der Waals surface area contributed by atoms with Gasteiger partial charge >= 0.3 is 0 Å². The van der Waals surface area contributed by atoms with Gasteiger partial charge in [-0.25, -0.2) is 4.39 Å². The van der Waals surface area contributed by atoms with Crippen molar-refractivity contribution >= 4 is 28.9 Å². The van der Waals surface area contributed by atoms with E-state index < -0.39 is 5.82 Å². The van der Waals surface area contributed by atoms with Gasteiger partial charge in [0.05, 0.1) is 17.3 Å². The van der Waals surface area contributed by atoms with Gasteiger partial charge in [0, 0.05) is 5.03 Å². The largest absolute Gasteiger partial charge is 0.378 e. The van der Waals surface area contributed by atoms with Crippen molar-refractivity contribution in [1.82, 2.24) is 0 Å². The molecule has 0 aliphatic rings. The van der Waals surface area contributed by atoms with Gasteiger partial charge in [-0.15, -0.1) is 0 Å². The van der Waals surface area contributed by atoms with Crippen LogP contribution in [0.1, 0.15) is 0 Å². The van der Waals surface area contributed by atoms with E-state index in [-0.39, 0.29) is 5.02 Å². The van der Waals surface area contributed by atoms with Gasteiger partial charge < -0.3 is 5.32 Å². The average Bonchev–Trinajstić information content (AvgIpc) is 2.07. The van der Waals surface area contributed by atoms with Crippen molar-refractivity contribution < 1.29 is 4.39 Å². The molecule has 0 saturated carbocycles. The molecule has 13 heavy (non-hydrogen) atoms. The molecule has 1 N–H and O–H groups in total. The Morgan fingerprint density at radius 2 is 2.23 bits per heavy atom. The highest BCUT2D eigenvalue weighted by atomic mass is 35.5. The standard InChI is InChI=1S/C9H8Cl2FN/c1-6(10)5-13-8-4-2-3-7(11)9(8)12/h2-4,13H,1,5H2. The van der Waals surface area contributed by atoms with Crippen LogP contribution in [0, 0.1) is 5.82 Å². The van der Waals surface area contributed by atoms with Crippen LogP contribution in [0.15, 0.2) is 29.8 Å². The number of rotatable bonds is 3. The predicted molar refractivity (Wildman–Crippen MR) is 54.9 cm³/mol. The summed E-state index contributed by atoms with van der Waals surface area (Å²) in [5.41, 5.74) is 0.328. The Labute approximate surface area is 86.2 Å². The summed E-state index contributed by atoms with van der Waals surface area (Å²) < 4.78 is 13.2. The highest BCUT2D eigenvalue weighted by Gasteiger charge is 2.04. The molecule has 0 aliphatic heterocycles. The lowest BCUT2D eigenvalue weighted by molar-refractivity contribution is 0.631. The van der Waals surface area contributed by atoms with Gasteiger partial charge in [0.1, 0.15) is 0 Å². The Hall–Kier alpha value is -0.730. The van der Waals surface area contributed by atoms with Crippen molar-refractivity contribution in [2.45, 2.75) is 0 Å². The first-order valence-electron chi connectivity index (χ1n) is 3.62. The molecule has 1 aromatic carbocycles. The summed E-state index contributed by atoms with van der Waals surface area (Å²) in [5.74, 6) is -0.470. The summed E-state index contributed by atoms with van der Waals surface area (Å²) in [5, 5.41) is 3.27. The topological polar surface area (TPSA) is 12.0 Å². The number of halogens is 3. The maximum atomic E-state index is 13.2. The van der Waals surface area contributed by atoms with E-state index >= 15 is 0 Å². The molecule has 0 aliphatic carbocycles. The molecule has 0 unspecified atom stereocenters. The fraction of sp³-hybridized carbons (Fsp3) is 0.111. The minimum atomic E-state index is -0.470. The average molecular weight is 220 g/mol. The lowest BCUT2D eigenvalue weighted by Crippen LogP contribution is -2.02. The highest BCUT2D eigenvalue weighted by molar-refractivity contribution is 6.31. The van der Waals surface area contributed by atoms with E-state index in [4.69, 9.17) is 23.2 Å². The minimum absolute atomic E-state index is 0.0881. The number of benzene rings is 1. The highest BCUT2D eigenvalue weighted by Crippen LogP contribution is 2.22. The van der Waals surface area contributed by atoms with Crippen molar-refractivity contribution in [3.05, 3.63) is 40.7 Å². The molecule has 0 fully saturated rings. The Bertz CT molecular complexity index is 325. The van der Waals surface area contributed by atoms with Crippen LogP contribution in [-0.4, -0.2) is 6.54 Å². The maximum Gasteiger partial charge on any atom is 0.164 e. The zero-order valence-electron chi connectivity index (χ0n) is 6.78. The second-order valence-electron chi connectivity index (χ2n) is 2.47. The van der Waals surface area contributed by atoms with E-state index in [1.54, 1.807) is 12.1 Å². The summed E-state index contributed by atoms with van der Waals surface area (Å²) >= 11 is 11.1. The molecule has 70 valence electrons.